The first-order valence-corrected chi connectivity index (χ1v) is 7.63. The normalized spacial score (nSPS) is 19.4. The molecule has 132 valence electrons. The molecule has 24 heavy (non-hydrogen) atoms. The number of alkyl halides is 3. The Labute approximate surface area is 139 Å². The van der Waals surface area contributed by atoms with E-state index in [1.807, 2.05) is 27.7 Å². The molecule has 0 aliphatic carbocycles. The summed E-state index contributed by atoms with van der Waals surface area (Å²) in [5.41, 5.74) is -2.26. The summed E-state index contributed by atoms with van der Waals surface area (Å²) in [6, 6.07) is 2.89. The van der Waals surface area contributed by atoms with Crippen LogP contribution >= 0.6 is 0 Å². The zero-order valence-electron chi connectivity index (χ0n) is 14.3. The molecule has 0 atom stereocenters. The number of esters is 1. The van der Waals surface area contributed by atoms with Crippen LogP contribution in [0.2, 0.25) is 0 Å². The molecular weight excluding hydrogens is 324 g/mol. The molecule has 0 amide bonds. The number of benzene rings is 1. The van der Waals surface area contributed by atoms with Crippen LogP contribution in [0.5, 0.6) is 0 Å². The molecule has 0 radical (unpaired) electrons. The van der Waals surface area contributed by atoms with Gasteiger partial charge in [-0.25, -0.2) is 4.79 Å². The molecule has 1 aromatic rings. The van der Waals surface area contributed by atoms with Gasteiger partial charge in [0.25, 0.3) is 0 Å². The van der Waals surface area contributed by atoms with E-state index in [-0.39, 0.29) is 17.6 Å². The molecule has 0 aromatic heterocycles. The summed E-state index contributed by atoms with van der Waals surface area (Å²) in [7, 11) is -0.948. The molecule has 0 bridgehead atoms. The summed E-state index contributed by atoms with van der Waals surface area (Å²) in [4.78, 5) is 12.1. The lowest BCUT2D eigenvalue weighted by molar-refractivity contribution is -0.137. The molecule has 1 aliphatic heterocycles. The monoisotopic (exact) mass is 344 g/mol. The number of carbonyl (C=O) groups is 1. The minimum atomic E-state index is -4.56. The van der Waals surface area contributed by atoms with Gasteiger partial charge in [0.15, 0.2) is 0 Å². The van der Waals surface area contributed by atoms with Gasteiger partial charge in [0, 0.05) is 0 Å². The van der Waals surface area contributed by atoms with Crippen LogP contribution in [-0.2, 0) is 20.2 Å². The molecule has 1 fully saturated rings. The Kier molecular flexibility index (Phi) is 4.76. The molecule has 1 aromatic carbocycles. The minimum absolute atomic E-state index is 0.0535. The van der Waals surface area contributed by atoms with Crippen LogP contribution in [0.25, 0.3) is 0 Å². The Morgan fingerprint density at radius 1 is 1.17 bits per heavy atom. The number of rotatable bonds is 3. The van der Waals surface area contributed by atoms with Crippen LogP contribution in [0.15, 0.2) is 18.2 Å². The fraction of sp³-hybridized carbons (Fsp3) is 0.562. The minimum Gasteiger partial charge on any atom is -0.462 e. The first kappa shape index (κ1) is 18.8. The van der Waals surface area contributed by atoms with Gasteiger partial charge >= 0.3 is 19.3 Å². The lowest BCUT2D eigenvalue weighted by atomic mass is 9.75. The molecule has 0 saturated carbocycles. The fourth-order valence-corrected chi connectivity index (χ4v) is 2.29. The van der Waals surface area contributed by atoms with Gasteiger partial charge in [0.05, 0.1) is 28.9 Å². The van der Waals surface area contributed by atoms with Crippen molar-refractivity contribution in [1.82, 2.24) is 0 Å². The maximum absolute atomic E-state index is 13.0. The molecule has 2 rings (SSSR count). The van der Waals surface area contributed by atoms with E-state index in [4.69, 9.17) is 14.0 Å². The Bertz CT molecular complexity index is 625. The summed E-state index contributed by atoms with van der Waals surface area (Å²) < 4.78 is 55.4. The van der Waals surface area contributed by atoms with E-state index in [1.54, 1.807) is 6.92 Å². The van der Waals surface area contributed by atoms with Crippen molar-refractivity contribution in [3.05, 3.63) is 29.3 Å². The maximum atomic E-state index is 13.0. The molecule has 0 N–H and O–H groups in total. The van der Waals surface area contributed by atoms with Crippen molar-refractivity contribution >= 4 is 18.6 Å². The second-order valence-corrected chi connectivity index (χ2v) is 6.61. The van der Waals surface area contributed by atoms with E-state index in [9.17, 15) is 18.0 Å². The van der Waals surface area contributed by atoms with E-state index in [1.165, 1.54) is 6.07 Å². The van der Waals surface area contributed by atoms with Gasteiger partial charge in [0.1, 0.15) is 0 Å². The van der Waals surface area contributed by atoms with E-state index in [0.29, 0.717) is 0 Å². The number of ether oxygens (including phenoxy) is 1. The average molecular weight is 344 g/mol. The lowest BCUT2D eigenvalue weighted by Gasteiger charge is -2.32. The zero-order valence-corrected chi connectivity index (χ0v) is 14.3. The highest BCUT2D eigenvalue weighted by Gasteiger charge is 2.52. The van der Waals surface area contributed by atoms with E-state index in [0.717, 1.165) is 12.1 Å². The lowest BCUT2D eigenvalue weighted by Crippen LogP contribution is -2.41. The first-order chi connectivity index (χ1) is 10.9. The average Bonchev–Trinajstić information content (AvgIpc) is 2.66. The smallest absolute Gasteiger partial charge is 0.462 e. The van der Waals surface area contributed by atoms with Crippen molar-refractivity contribution < 1.29 is 32.0 Å². The van der Waals surface area contributed by atoms with Gasteiger partial charge < -0.3 is 14.0 Å². The van der Waals surface area contributed by atoms with Crippen molar-refractivity contribution in [2.45, 2.75) is 52.0 Å². The summed E-state index contributed by atoms with van der Waals surface area (Å²) >= 11 is 0. The molecule has 4 nitrogen and oxygen atoms in total. The van der Waals surface area contributed by atoms with Gasteiger partial charge in [-0.2, -0.15) is 13.2 Å². The molecule has 0 spiro atoms. The van der Waals surface area contributed by atoms with Crippen molar-refractivity contribution in [3.8, 4) is 0 Å². The van der Waals surface area contributed by atoms with Crippen LogP contribution in [-0.4, -0.2) is 30.9 Å². The summed E-state index contributed by atoms with van der Waals surface area (Å²) in [5.74, 6) is -0.840. The molecule has 0 unspecified atom stereocenters. The Balaban J connectivity index is 2.48. The van der Waals surface area contributed by atoms with Gasteiger partial charge in [-0.1, -0.05) is 12.1 Å². The van der Waals surface area contributed by atoms with E-state index < -0.39 is 36.0 Å². The topological polar surface area (TPSA) is 44.8 Å². The second-order valence-electron chi connectivity index (χ2n) is 6.61. The molecule has 1 heterocycles. The van der Waals surface area contributed by atoms with Crippen LogP contribution in [0.4, 0.5) is 13.2 Å². The fourth-order valence-electron chi connectivity index (χ4n) is 2.29. The predicted octanol–water partition coefficient (Wildman–Crippen LogP) is 3.18. The second kappa shape index (κ2) is 6.08. The molecular formula is C16H20BF3O4. The van der Waals surface area contributed by atoms with Crippen LogP contribution in [0.1, 0.15) is 50.5 Å². The Hall–Kier alpha value is -1.54. The van der Waals surface area contributed by atoms with Gasteiger partial charge in [-0.3, -0.25) is 0 Å². The zero-order chi connectivity index (χ0) is 18.3. The molecule has 8 heteroatoms. The number of carbonyl (C=O) groups excluding carboxylic acids is 1. The summed E-state index contributed by atoms with van der Waals surface area (Å²) in [5, 5.41) is 0. The third-order valence-electron chi connectivity index (χ3n) is 4.38. The van der Waals surface area contributed by atoms with E-state index >= 15 is 0 Å². The Morgan fingerprint density at radius 2 is 1.71 bits per heavy atom. The highest BCUT2D eigenvalue weighted by molar-refractivity contribution is 6.63. The highest BCUT2D eigenvalue weighted by atomic mass is 19.4. The van der Waals surface area contributed by atoms with Crippen molar-refractivity contribution in [2.24, 2.45) is 0 Å². The standard InChI is InChI=1S/C16H20BF3O4/c1-6-22-13(21)11-9-10(16(18,19)20)7-8-12(11)17-23-14(2,3)15(4,5)24-17/h7-9H,6H2,1-5H3. The summed E-state index contributed by atoms with van der Waals surface area (Å²) in [6.45, 7) is 8.92. The maximum Gasteiger partial charge on any atom is 0.495 e. The first-order valence-electron chi connectivity index (χ1n) is 7.63. The van der Waals surface area contributed by atoms with Crippen molar-refractivity contribution in [1.29, 1.82) is 0 Å². The highest BCUT2D eigenvalue weighted by Crippen LogP contribution is 2.37. The number of hydrogen-bond acceptors (Lipinski definition) is 4. The Morgan fingerprint density at radius 3 is 2.17 bits per heavy atom. The van der Waals surface area contributed by atoms with Crippen LogP contribution in [0.3, 0.4) is 0 Å². The van der Waals surface area contributed by atoms with Gasteiger partial charge in [-0.15, -0.1) is 0 Å². The predicted molar refractivity (Wildman–Crippen MR) is 83.1 cm³/mol. The van der Waals surface area contributed by atoms with Crippen LogP contribution < -0.4 is 5.46 Å². The van der Waals surface area contributed by atoms with Crippen molar-refractivity contribution in [3.63, 3.8) is 0 Å². The molecule has 1 saturated heterocycles. The van der Waals surface area contributed by atoms with E-state index in [2.05, 4.69) is 0 Å². The quantitative estimate of drug-likeness (QED) is 0.624. The summed E-state index contributed by atoms with van der Waals surface area (Å²) in [6.07, 6.45) is -4.56. The SMILES string of the molecule is CCOC(=O)c1cc(C(F)(F)F)ccc1B1OC(C)(C)C(C)(C)O1. The number of halogens is 3. The van der Waals surface area contributed by atoms with Gasteiger partial charge in [-0.05, 0) is 46.1 Å². The third kappa shape index (κ3) is 3.44. The van der Waals surface area contributed by atoms with Gasteiger partial charge in [0.2, 0.25) is 0 Å². The number of hydrogen-bond donors (Lipinski definition) is 0. The van der Waals surface area contributed by atoms with Crippen LogP contribution in [0, 0.1) is 0 Å². The third-order valence-corrected chi connectivity index (χ3v) is 4.38. The molecule has 1 aliphatic rings. The largest absolute Gasteiger partial charge is 0.495 e. The van der Waals surface area contributed by atoms with Crippen molar-refractivity contribution in [2.75, 3.05) is 6.61 Å².